The summed E-state index contributed by atoms with van der Waals surface area (Å²) in [5.41, 5.74) is 1.49. The van der Waals surface area contributed by atoms with Gasteiger partial charge in [0, 0.05) is 15.9 Å². The number of carbonyl (C=O) groups is 1. The number of alkyl halides is 2. The molecule has 0 fully saturated rings. The molecule has 0 spiro atoms. The Bertz CT molecular complexity index is 683. The summed E-state index contributed by atoms with van der Waals surface area (Å²) in [6.45, 7) is 0.790. The van der Waals surface area contributed by atoms with Gasteiger partial charge in [-0.15, -0.1) is 0 Å². The summed E-state index contributed by atoms with van der Waals surface area (Å²) >= 11 is 3.80. The first-order valence-electron chi connectivity index (χ1n) is 7.20. The highest BCUT2D eigenvalue weighted by Gasteiger charge is 2.13. The molecular formula is C17H17BrF2N2OS. The number of thioether (sulfide) groups is 1. The summed E-state index contributed by atoms with van der Waals surface area (Å²) in [7, 11) is 1.83. The van der Waals surface area contributed by atoms with Gasteiger partial charge in [0.1, 0.15) is 0 Å². The normalized spacial score (nSPS) is 11.1. The Labute approximate surface area is 152 Å². The fourth-order valence-electron chi connectivity index (χ4n) is 2.16. The molecule has 0 unspecified atom stereocenters. The standard InChI is InChI=1S/C17H17BrF2N2OS/c1-22(10-12-6-8-13(18)9-7-12)11-16(23)21-14-4-2-3-5-15(14)24-17(19)20/h2-9,17H,10-11H2,1H3,(H,21,23). The number of likely N-dealkylation sites (N-methyl/N-ethyl adjacent to an activating group) is 1. The highest BCUT2D eigenvalue weighted by molar-refractivity contribution is 9.10. The smallest absolute Gasteiger partial charge is 0.288 e. The number of anilines is 1. The van der Waals surface area contributed by atoms with Crippen molar-refractivity contribution < 1.29 is 13.6 Å². The minimum Gasteiger partial charge on any atom is -0.324 e. The van der Waals surface area contributed by atoms with Crippen molar-refractivity contribution in [1.29, 1.82) is 0 Å². The molecule has 0 atom stereocenters. The van der Waals surface area contributed by atoms with E-state index in [1.165, 1.54) is 0 Å². The first-order valence-corrected chi connectivity index (χ1v) is 8.88. The van der Waals surface area contributed by atoms with Crippen LogP contribution in [0.15, 0.2) is 57.9 Å². The monoisotopic (exact) mass is 414 g/mol. The van der Waals surface area contributed by atoms with E-state index >= 15 is 0 Å². The van der Waals surface area contributed by atoms with Crippen LogP contribution in [0.1, 0.15) is 5.56 Å². The third-order valence-electron chi connectivity index (χ3n) is 3.16. The molecule has 24 heavy (non-hydrogen) atoms. The van der Waals surface area contributed by atoms with E-state index in [0.29, 0.717) is 28.9 Å². The Balaban J connectivity index is 1.92. The van der Waals surface area contributed by atoms with Gasteiger partial charge in [0.2, 0.25) is 5.91 Å². The zero-order chi connectivity index (χ0) is 17.5. The summed E-state index contributed by atoms with van der Waals surface area (Å²) in [5, 5.41) is 2.70. The number of rotatable bonds is 7. The van der Waals surface area contributed by atoms with Crippen LogP contribution in [0.3, 0.4) is 0 Å². The summed E-state index contributed by atoms with van der Waals surface area (Å²) in [6.07, 6.45) is 0. The van der Waals surface area contributed by atoms with Crippen LogP contribution in [-0.2, 0) is 11.3 Å². The predicted octanol–water partition coefficient (Wildman–Crippen LogP) is 4.83. The van der Waals surface area contributed by atoms with Crippen molar-refractivity contribution in [3.8, 4) is 0 Å². The fraction of sp³-hybridized carbons (Fsp3) is 0.235. The van der Waals surface area contributed by atoms with E-state index in [4.69, 9.17) is 0 Å². The molecule has 0 radical (unpaired) electrons. The summed E-state index contributed by atoms with van der Waals surface area (Å²) in [5.74, 6) is -2.76. The van der Waals surface area contributed by atoms with Crippen LogP contribution in [0.2, 0.25) is 0 Å². The molecule has 0 bridgehead atoms. The van der Waals surface area contributed by atoms with Gasteiger partial charge in [-0.05, 0) is 36.9 Å². The molecule has 1 amide bonds. The van der Waals surface area contributed by atoms with Gasteiger partial charge in [0.25, 0.3) is 5.76 Å². The molecule has 0 heterocycles. The summed E-state index contributed by atoms with van der Waals surface area (Å²) in [6, 6.07) is 14.4. The number of hydrogen-bond acceptors (Lipinski definition) is 3. The second-order valence-electron chi connectivity index (χ2n) is 5.22. The minimum atomic E-state index is -2.52. The maximum Gasteiger partial charge on any atom is 0.288 e. The van der Waals surface area contributed by atoms with Crippen LogP contribution in [0.4, 0.5) is 14.5 Å². The highest BCUT2D eigenvalue weighted by atomic mass is 79.9. The number of hydrogen-bond donors (Lipinski definition) is 1. The molecule has 0 aliphatic carbocycles. The van der Waals surface area contributed by atoms with E-state index in [0.717, 1.165) is 10.0 Å². The van der Waals surface area contributed by atoms with Crippen molar-refractivity contribution in [3.63, 3.8) is 0 Å². The van der Waals surface area contributed by atoms with Gasteiger partial charge in [-0.3, -0.25) is 9.69 Å². The molecule has 128 valence electrons. The van der Waals surface area contributed by atoms with E-state index in [2.05, 4.69) is 21.2 Å². The lowest BCUT2D eigenvalue weighted by atomic mass is 10.2. The predicted molar refractivity (Wildman–Crippen MR) is 97.4 cm³/mol. The molecule has 2 rings (SSSR count). The average Bonchev–Trinajstić information content (AvgIpc) is 2.51. The lowest BCUT2D eigenvalue weighted by Gasteiger charge is -2.17. The van der Waals surface area contributed by atoms with Crippen LogP contribution in [0, 0.1) is 0 Å². The molecule has 3 nitrogen and oxygen atoms in total. The van der Waals surface area contributed by atoms with Gasteiger partial charge in [-0.2, -0.15) is 8.78 Å². The highest BCUT2D eigenvalue weighted by Crippen LogP contribution is 2.31. The molecule has 7 heteroatoms. The van der Waals surface area contributed by atoms with Crippen molar-refractivity contribution in [3.05, 3.63) is 58.6 Å². The molecule has 2 aromatic rings. The summed E-state index contributed by atoms with van der Waals surface area (Å²) < 4.78 is 26.1. The molecular weight excluding hydrogens is 398 g/mol. The Kier molecular flexibility index (Phi) is 7.20. The van der Waals surface area contributed by atoms with Gasteiger partial charge in [0.05, 0.1) is 12.2 Å². The number of para-hydroxylation sites is 1. The fourth-order valence-corrected chi connectivity index (χ4v) is 3.02. The number of nitrogens with zero attached hydrogens (tertiary/aromatic N) is 1. The Morgan fingerprint density at radius 3 is 2.54 bits per heavy atom. The van der Waals surface area contributed by atoms with E-state index in [-0.39, 0.29) is 12.5 Å². The molecule has 0 saturated carbocycles. The number of carbonyl (C=O) groups excluding carboxylic acids is 1. The molecule has 0 saturated heterocycles. The van der Waals surface area contributed by atoms with E-state index in [9.17, 15) is 13.6 Å². The lowest BCUT2D eigenvalue weighted by molar-refractivity contribution is -0.117. The first-order chi connectivity index (χ1) is 11.4. The molecule has 2 aromatic carbocycles. The minimum absolute atomic E-state index is 0.170. The van der Waals surface area contributed by atoms with Crippen molar-refractivity contribution in [2.45, 2.75) is 17.2 Å². The third kappa shape index (κ3) is 6.22. The summed E-state index contributed by atoms with van der Waals surface area (Å²) in [4.78, 5) is 14.4. The second kappa shape index (κ2) is 9.15. The van der Waals surface area contributed by atoms with Crippen molar-refractivity contribution in [1.82, 2.24) is 4.90 Å². The van der Waals surface area contributed by atoms with Crippen LogP contribution in [0.5, 0.6) is 0 Å². The van der Waals surface area contributed by atoms with Gasteiger partial charge in [-0.1, -0.05) is 52.0 Å². The number of halogens is 3. The molecule has 0 aliphatic heterocycles. The quantitative estimate of drug-likeness (QED) is 0.658. The van der Waals surface area contributed by atoms with E-state index < -0.39 is 5.76 Å². The lowest BCUT2D eigenvalue weighted by Crippen LogP contribution is -2.30. The molecule has 0 aliphatic rings. The van der Waals surface area contributed by atoms with E-state index in [1.54, 1.807) is 24.3 Å². The van der Waals surface area contributed by atoms with Gasteiger partial charge >= 0.3 is 0 Å². The largest absolute Gasteiger partial charge is 0.324 e. The molecule has 1 N–H and O–H groups in total. The SMILES string of the molecule is CN(CC(=O)Nc1ccccc1SC(F)F)Cc1ccc(Br)cc1. The second-order valence-corrected chi connectivity index (χ2v) is 7.17. The number of benzene rings is 2. The molecule has 0 aromatic heterocycles. The first kappa shape index (κ1) is 18.9. The van der Waals surface area contributed by atoms with Crippen LogP contribution >= 0.6 is 27.7 Å². The van der Waals surface area contributed by atoms with Gasteiger partial charge in [0.15, 0.2) is 0 Å². The third-order valence-corrected chi connectivity index (χ3v) is 4.47. The van der Waals surface area contributed by atoms with Crippen molar-refractivity contribution in [2.24, 2.45) is 0 Å². The van der Waals surface area contributed by atoms with Crippen LogP contribution < -0.4 is 5.32 Å². The van der Waals surface area contributed by atoms with Crippen LogP contribution in [0.25, 0.3) is 0 Å². The number of nitrogens with one attached hydrogen (secondary N) is 1. The zero-order valence-corrected chi connectivity index (χ0v) is 15.4. The van der Waals surface area contributed by atoms with Gasteiger partial charge < -0.3 is 5.32 Å². The number of amides is 1. The van der Waals surface area contributed by atoms with Crippen molar-refractivity contribution in [2.75, 3.05) is 18.9 Å². The van der Waals surface area contributed by atoms with Gasteiger partial charge in [-0.25, -0.2) is 0 Å². The Morgan fingerprint density at radius 2 is 1.88 bits per heavy atom. The maximum atomic E-state index is 12.6. The Hall–Kier alpha value is -1.44. The Morgan fingerprint density at radius 1 is 1.21 bits per heavy atom. The van der Waals surface area contributed by atoms with E-state index in [1.807, 2.05) is 36.2 Å². The maximum absolute atomic E-state index is 12.6. The topological polar surface area (TPSA) is 32.3 Å². The average molecular weight is 415 g/mol. The zero-order valence-electron chi connectivity index (χ0n) is 13.0. The van der Waals surface area contributed by atoms with Crippen molar-refractivity contribution >= 4 is 39.3 Å². The van der Waals surface area contributed by atoms with Crippen LogP contribution in [-0.4, -0.2) is 30.2 Å².